The van der Waals surface area contributed by atoms with Crippen LogP contribution in [0.4, 0.5) is 5.69 Å². The molecule has 1 aromatic heterocycles. The van der Waals surface area contributed by atoms with E-state index in [2.05, 4.69) is 10.4 Å². The van der Waals surface area contributed by atoms with Crippen LogP contribution < -0.4 is 11.1 Å². The molecule has 1 aliphatic rings. The zero-order valence-corrected chi connectivity index (χ0v) is 11.8. The van der Waals surface area contributed by atoms with E-state index in [4.69, 9.17) is 10.5 Å². The number of carbonyl (C=O) groups is 2. The molecule has 110 valence electrons. The topological polar surface area (TPSA) is 99.2 Å². The Morgan fingerprint density at radius 2 is 2.20 bits per heavy atom. The third-order valence-corrected chi connectivity index (χ3v) is 3.29. The number of aryl methyl sites for hydroxylation is 2. The maximum atomic E-state index is 12.0. The van der Waals surface area contributed by atoms with Crippen molar-refractivity contribution in [3.8, 4) is 0 Å². The molecule has 1 heterocycles. The molecule has 0 bridgehead atoms. The van der Waals surface area contributed by atoms with E-state index < -0.39 is 5.97 Å². The fourth-order valence-electron chi connectivity index (χ4n) is 1.87. The molecule has 0 radical (unpaired) electrons. The maximum absolute atomic E-state index is 12.0. The molecule has 7 heteroatoms. The van der Waals surface area contributed by atoms with Gasteiger partial charge >= 0.3 is 5.97 Å². The number of hydrogen-bond acceptors (Lipinski definition) is 5. The molecule has 0 saturated heterocycles. The van der Waals surface area contributed by atoms with E-state index in [9.17, 15) is 9.59 Å². The van der Waals surface area contributed by atoms with Gasteiger partial charge in [-0.05, 0) is 32.6 Å². The summed E-state index contributed by atoms with van der Waals surface area (Å²) in [6.07, 6.45) is 2.32. The van der Waals surface area contributed by atoms with Crippen LogP contribution >= 0.6 is 0 Å². The van der Waals surface area contributed by atoms with Gasteiger partial charge in [0.05, 0.1) is 11.4 Å². The van der Waals surface area contributed by atoms with E-state index in [1.165, 1.54) is 4.68 Å². The Balaban J connectivity index is 1.89. The van der Waals surface area contributed by atoms with Gasteiger partial charge in [-0.2, -0.15) is 5.10 Å². The number of nitrogens with two attached hydrogens (primary N) is 1. The number of esters is 1. The van der Waals surface area contributed by atoms with Gasteiger partial charge in [-0.25, -0.2) is 4.79 Å². The number of carbonyl (C=O) groups excluding carboxylic acids is 2. The van der Waals surface area contributed by atoms with E-state index in [1.807, 2.05) is 6.92 Å². The van der Waals surface area contributed by atoms with Crippen LogP contribution in [0, 0.1) is 12.8 Å². The Labute approximate surface area is 117 Å². The van der Waals surface area contributed by atoms with Crippen molar-refractivity contribution in [3.05, 3.63) is 11.4 Å². The first-order chi connectivity index (χ1) is 9.52. The molecule has 1 saturated carbocycles. The number of hydrogen-bond donors (Lipinski definition) is 2. The monoisotopic (exact) mass is 280 g/mol. The molecule has 1 aliphatic carbocycles. The highest BCUT2D eigenvalue weighted by Gasteiger charge is 2.23. The summed E-state index contributed by atoms with van der Waals surface area (Å²) in [6.45, 7) is 4.45. The summed E-state index contributed by atoms with van der Waals surface area (Å²) in [5, 5.41) is 6.86. The molecule has 1 aromatic rings. The predicted octanol–water partition coefficient (Wildman–Crippen LogP) is 0.477. The van der Waals surface area contributed by atoms with Crippen molar-refractivity contribution in [1.82, 2.24) is 15.1 Å². The summed E-state index contributed by atoms with van der Waals surface area (Å²) in [6, 6.07) is 0. The molecule has 3 N–H and O–H groups in total. The van der Waals surface area contributed by atoms with Crippen molar-refractivity contribution in [3.63, 3.8) is 0 Å². The number of nitrogens with zero attached hydrogens (tertiary/aromatic N) is 2. The predicted molar refractivity (Wildman–Crippen MR) is 73.1 cm³/mol. The van der Waals surface area contributed by atoms with Gasteiger partial charge in [-0.3, -0.25) is 9.48 Å². The minimum absolute atomic E-state index is 0.208. The average Bonchev–Trinajstić information content (AvgIpc) is 3.21. The number of nitrogen functional groups attached to an aromatic ring is 1. The first kappa shape index (κ1) is 14.4. The first-order valence-corrected chi connectivity index (χ1v) is 6.79. The van der Waals surface area contributed by atoms with Crippen molar-refractivity contribution in [2.24, 2.45) is 5.92 Å². The summed E-state index contributed by atoms with van der Waals surface area (Å²) >= 11 is 0. The number of rotatable bonds is 6. The van der Waals surface area contributed by atoms with Crippen LogP contribution in [0.1, 0.15) is 35.9 Å². The van der Waals surface area contributed by atoms with Gasteiger partial charge < -0.3 is 15.8 Å². The molecular weight excluding hydrogens is 260 g/mol. The molecule has 0 atom stereocenters. The second-order valence-electron chi connectivity index (χ2n) is 4.99. The summed E-state index contributed by atoms with van der Waals surface area (Å²) in [5.74, 6) is -0.316. The van der Waals surface area contributed by atoms with Crippen molar-refractivity contribution >= 4 is 17.6 Å². The quantitative estimate of drug-likeness (QED) is 0.738. The maximum Gasteiger partial charge on any atom is 0.359 e. The number of ether oxygens (including phenoxy) is 1. The van der Waals surface area contributed by atoms with Crippen molar-refractivity contribution in [1.29, 1.82) is 0 Å². The van der Waals surface area contributed by atoms with E-state index in [1.54, 1.807) is 6.92 Å². The molecule has 7 nitrogen and oxygen atoms in total. The molecule has 2 rings (SSSR count). The molecule has 0 unspecified atom stereocenters. The lowest BCUT2D eigenvalue weighted by Crippen LogP contribution is -2.30. The standard InChI is InChI=1S/C13H20N4O3/c1-3-17-12(11(14)8(2)16-17)13(19)20-7-10(18)15-6-9-4-5-9/h9H,3-7,14H2,1-2H3,(H,15,18). The summed E-state index contributed by atoms with van der Waals surface area (Å²) < 4.78 is 6.47. The van der Waals surface area contributed by atoms with Crippen molar-refractivity contribution in [2.45, 2.75) is 33.2 Å². The van der Waals surface area contributed by atoms with Gasteiger partial charge in [0.15, 0.2) is 12.3 Å². The summed E-state index contributed by atoms with van der Waals surface area (Å²) in [7, 11) is 0. The lowest BCUT2D eigenvalue weighted by Gasteiger charge is -2.07. The van der Waals surface area contributed by atoms with Crippen LogP contribution in [-0.2, 0) is 16.1 Å². The molecule has 0 aliphatic heterocycles. The lowest BCUT2D eigenvalue weighted by molar-refractivity contribution is -0.124. The van der Waals surface area contributed by atoms with Gasteiger partial charge in [0.1, 0.15) is 0 Å². The normalized spacial score (nSPS) is 14.1. The number of amides is 1. The fourth-order valence-corrected chi connectivity index (χ4v) is 1.87. The summed E-state index contributed by atoms with van der Waals surface area (Å²) in [5.41, 5.74) is 6.90. The smallest absolute Gasteiger partial charge is 0.359 e. The van der Waals surface area contributed by atoms with Gasteiger partial charge in [-0.15, -0.1) is 0 Å². The van der Waals surface area contributed by atoms with Gasteiger partial charge in [-0.1, -0.05) is 0 Å². The van der Waals surface area contributed by atoms with E-state index in [0.29, 0.717) is 30.4 Å². The molecular formula is C13H20N4O3. The lowest BCUT2D eigenvalue weighted by atomic mass is 10.3. The second-order valence-corrected chi connectivity index (χ2v) is 4.99. The van der Waals surface area contributed by atoms with Crippen LogP contribution in [-0.4, -0.2) is 34.8 Å². The molecule has 1 amide bonds. The minimum atomic E-state index is -0.619. The minimum Gasteiger partial charge on any atom is -0.451 e. The third kappa shape index (κ3) is 3.28. The number of anilines is 1. The Bertz CT molecular complexity index is 520. The third-order valence-electron chi connectivity index (χ3n) is 3.29. The Hall–Kier alpha value is -2.05. The second kappa shape index (κ2) is 5.94. The Morgan fingerprint density at radius 1 is 1.50 bits per heavy atom. The van der Waals surface area contributed by atoms with Crippen molar-refractivity contribution in [2.75, 3.05) is 18.9 Å². The van der Waals surface area contributed by atoms with Gasteiger partial charge in [0.25, 0.3) is 5.91 Å². The fraction of sp³-hybridized carbons (Fsp3) is 0.615. The van der Waals surface area contributed by atoms with Crippen LogP contribution in [0.2, 0.25) is 0 Å². The zero-order valence-electron chi connectivity index (χ0n) is 11.8. The molecule has 1 fully saturated rings. The zero-order chi connectivity index (χ0) is 14.7. The number of nitrogens with one attached hydrogen (secondary N) is 1. The number of aromatic nitrogens is 2. The Kier molecular flexibility index (Phi) is 4.26. The van der Waals surface area contributed by atoms with Crippen LogP contribution in [0.15, 0.2) is 0 Å². The highest BCUT2D eigenvalue weighted by Crippen LogP contribution is 2.27. The average molecular weight is 280 g/mol. The largest absolute Gasteiger partial charge is 0.451 e. The molecule has 20 heavy (non-hydrogen) atoms. The summed E-state index contributed by atoms with van der Waals surface area (Å²) in [4.78, 5) is 23.5. The first-order valence-electron chi connectivity index (χ1n) is 6.79. The Morgan fingerprint density at radius 3 is 2.80 bits per heavy atom. The van der Waals surface area contributed by atoms with E-state index >= 15 is 0 Å². The van der Waals surface area contributed by atoms with Gasteiger partial charge in [0, 0.05) is 13.1 Å². The van der Waals surface area contributed by atoms with Gasteiger partial charge in [0.2, 0.25) is 0 Å². The van der Waals surface area contributed by atoms with E-state index in [-0.39, 0.29) is 18.2 Å². The SMILES string of the molecule is CCn1nc(C)c(N)c1C(=O)OCC(=O)NCC1CC1. The highest BCUT2D eigenvalue weighted by molar-refractivity contribution is 5.95. The van der Waals surface area contributed by atoms with Crippen LogP contribution in [0.5, 0.6) is 0 Å². The molecule has 0 aromatic carbocycles. The molecule has 0 spiro atoms. The van der Waals surface area contributed by atoms with Crippen LogP contribution in [0.25, 0.3) is 0 Å². The van der Waals surface area contributed by atoms with Crippen molar-refractivity contribution < 1.29 is 14.3 Å². The van der Waals surface area contributed by atoms with Crippen LogP contribution in [0.3, 0.4) is 0 Å². The van der Waals surface area contributed by atoms with E-state index in [0.717, 1.165) is 12.8 Å². The highest BCUT2D eigenvalue weighted by atomic mass is 16.5.